The van der Waals surface area contributed by atoms with Crippen molar-refractivity contribution < 1.29 is 19.4 Å². The third kappa shape index (κ3) is 3.06. The molecule has 2 aliphatic rings. The van der Waals surface area contributed by atoms with Crippen molar-refractivity contribution in [3.8, 4) is 0 Å². The fourth-order valence-corrected chi connectivity index (χ4v) is 2.77. The lowest BCUT2D eigenvalue weighted by atomic mass is 9.84. The number of carboxylic acid groups (broad SMARTS) is 1. The molecule has 6 heteroatoms. The highest BCUT2D eigenvalue weighted by molar-refractivity contribution is 5.81. The van der Waals surface area contributed by atoms with E-state index in [1.165, 1.54) is 0 Å². The van der Waals surface area contributed by atoms with Crippen LogP contribution in [0.15, 0.2) is 0 Å². The van der Waals surface area contributed by atoms with E-state index in [0.29, 0.717) is 45.5 Å². The van der Waals surface area contributed by atoms with Gasteiger partial charge >= 0.3 is 5.97 Å². The van der Waals surface area contributed by atoms with E-state index >= 15 is 0 Å². The summed E-state index contributed by atoms with van der Waals surface area (Å²) in [5, 5.41) is 12.5. The van der Waals surface area contributed by atoms with Gasteiger partial charge in [-0.3, -0.25) is 9.59 Å². The summed E-state index contributed by atoms with van der Waals surface area (Å²) >= 11 is 0. The Morgan fingerprint density at radius 2 is 2.32 bits per heavy atom. The number of hydrogen-bond donors (Lipinski definition) is 2. The Morgan fingerprint density at radius 3 is 2.84 bits per heavy atom. The quantitative estimate of drug-likeness (QED) is 0.756. The molecule has 2 atom stereocenters. The highest BCUT2D eigenvalue weighted by atomic mass is 16.5. The molecule has 2 N–H and O–H groups in total. The predicted molar refractivity (Wildman–Crippen MR) is 68.8 cm³/mol. The van der Waals surface area contributed by atoms with Crippen molar-refractivity contribution in [1.82, 2.24) is 10.2 Å². The van der Waals surface area contributed by atoms with Crippen LogP contribution in [0.1, 0.15) is 26.2 Å². The summed E-state index contributed by atoms with van der Waals surface area (Å²) in [5.74, 6) is -0.786. The van der Waals surface area contributed by atoms with Crippen LogP contribution in [0.5, 0.6) is 0 Å². The van der Waals surface area contributed by atoms with E-state index in [1.54, 1.807) is 4.90 Å². The zero-order valence-electron chi connectivity index (χ0n) is 11.4. The molecule has 0 aromatic carbocycles. The van der Waals surface area contributed by atoms with E-state index in [4.69, 9.17) is 4.74 Å². The molecule has 19 heavy (non-hydrogen) atoms. The van der Waals surface area contributed by atoms with Gasteiger partial charge < -0.3 is 20.1 Å². The molecule has 0 aromatic rings. The van der Waals surface area contributed by atoms with Crippen molar-refractivity contribution in [1.29, 1.82) is 0 Å². The van der Waals surface area contributed by atoms with Gasteiger partial charge in [-0.1, -0.05) is 6.92 Å². The molecule has 2 heterocycles. The van der Waals surface area contributed by atoms with Gasteiger partial charge in [-0.2, -0.15) is 0 Å². The topological polar surface area (TPSA) is 78.9 Å². The highest BCUT2D eigenvalue weighted by Gasteiger charge is 2.44. The number of hydrogen-bond acceptors (Lipinski definition) is 4. The number of nitrogens with zero attached hydrogens (tertiary/aromatic N) is 1. The molecule has 2 fully saturated rings. The van der Waals surface area contributed by atoms with Gasteiger partial charge in [0.15, 0.2) is 0 Å². The summed E-state index contributed by atoms with van der Waals surface area (Å²) in [7, 11) is 0. The molecule has 0 aromatic heterocycles. The Hall–Kier alpha value is -1.14. The van der Waals surface area contributed by atoms with Crippen LogP contribution in [0.3, 0.4) is 0 Å². The zero-order chi connectivity index (χ0) is 13.9. The van der Waals surface area contributed by atoms with Crippen LogP contribution >= 0.6 is 0 Å². The number of ether oxygens (including phenoxy) is 1. The SMILES string of the molecule is CCC1(C(=O)O)CCN(C(=O)CC2CNCCO2)C1. The molecule has 1 amide bonds. The average Bonchev–Trinajstić information content (AvgIpc) is 2.86. The summed E-state index contributed by atoms with van der Waals surface area (Å²) in [5.41, 5.74) is -0.749. The van der Waals surface area contributed by atoms with Crippen LogP contribution in [-0.4, -0.2) is 60.8 Å². The number of morpholine rings is 1. The van der Waals surface area contributed by atoms with E-state index in [2.05, 4.69) is 5.32 Å². The van der Waals surface area contributed by atoms with Gasteiger partial charge in [-0.25, -0.2) is 0 Å². The van der Waals surface area contributed by atoms with E-state index in [0.717, 1.165) is 6.54 Å². The fraction of sp³-hybridized carbons (Fsp3) is 0.846. The molecule has 2 rings (SSSR count). The Morgan fingerprint density at radius 1 is 1.53 bits per heavy atom. The first kappa shape index (κ1) is 14.3. The second-order valence-corrected chi connectivity index (χ2v) is 5.41. The molecular formula is C13H22N2O4. The molecular weight excluding hydrogens is 248 g/mol. The number of amides is 1. The van der Waals surface area contributed by atoms with Crippen molar-refractivity contribution in [3.05, 3.63) is 0 Å². The standard InChI is InChI=1S/C13H22N2O4/c1-2-13(12(17)18)3-5-15(9-13)11(16)7-10-8-14-4-6-19-10/h10,14H,2-9H2,1H3,(H,17,18). The Balaban J connectivity index is 1.89. The second-order valence-electron chi connectivity index (χ2n) is 5.41. The Labute approximate surface area is 113 Å². The Bertz CT molecular complexity index is 355. The number of rotatable bonds is 4. The van der Waals surface area contributed by atoms with E-state index in [9.17, 15) is 14.7 Å². The summed E-state index contributed by atoms with van der Waals surface area (Å²) in [4.78, 5) is 25.2. The van der Waals surface area contributed by atoms with Crippen LogP contribution in [0.2, 0.25) is 0 Å². The maximum atomic E-state index is 12.2. The normalized spacial score (nSPS) is 31.4. The third-order valence-corrected chi connectivity index (χ3v) is 4.24. The van der Waals surface area contributed by atoms with Crippen molar-refractivity contribution in [2.75, 3.05) is 32.8 Å². The van der Waals surface area contributed by atoms with Crippen molar-refractivity contribution >= 4 is 11.9 Å². The van der Waals surface area contributed by atoms with Crippen LogP contribution in [0.4, 0.5) is 0 Å². The van der Waals surface area contributed by atoms with Gasteiger partial charge in [0, 0.05) is 26.2 Å². The van der Waals surface area contributed by atoms with E-state index < -0.39 is 11.4 Å². The fourth-order valence-electron chi connectivity index (χ4n) is 2.77. The molecule has 6 nitrogen and oxygen atoms in total. The number of carbonyl (C=O) groups is 2. The van der Waals surface area contributed by atoms with E-state index in [-0.39, 0.29) is 12.0 Å². The smallest absolute Gasteiger partial charge is 0.311 e. The monoisotopic (exact) mass is 270 g/mol. The molecule has 2 saturated heterocycles. The minimum absolute atomic E-state index is 0.00488. The lowest BCUT2D eigenvalue weighted by Gasteiger charge is -2.26. The summed E-state index contributed by atoms with van der Waals surface area (Å²) in [6, 6.07) is 0. The van der Waals surface area contributed by atoms with E-state index in [1.807, 2.05) is 6.92 Å². The van der Waals surface area contributed by atoms with Crippen LogP contribution in [-0.2, 0) is 14.3 Å². The molecule has 0 spiro atoms. The molecule has 0 saturated carbocycles. The van der Waals surface area contributed by atoms with Crippen molar-refractivity contribution in [2.24, 2.45) is 5.41 Å². The highest BCUT2D eigenvalue weighted by Crippen LogP contribution is 2.34. The van der Waals surface area contributed by atoms with Crippen molar-refractivity contribution in [2.45, 2.75) is 32.3 Å². The second kappa shape index (κ2) is 5.88. The molecule has 108 valence electrons. The number of carboxylic acids is 1. The average molecular weight is 270 g/mol. The molecule has 2 unspecified atom stereocenters. The largest absolute Gasteiger partial charge is 0.481 e. The van der Waals surface area contributed by atoms with Gasteiger partial charge in [-0.15, -0.1) is 0 Å². The summed E-state index contributed by atoms with van der Waals surface area (Å²) in [6.45, 7) is 4.89. The minimum Gasteiger partial charge on any atom is -0.481 e. The number of likely N-dealkylation sites (tertiary alicyclic amines) is 1. The lowest BCUT2D eigenvalue weighted by molar-refractivity contribution is -0.148. The maximum absolute atomic E-state index is 12.2. The number of carbonyl (C=O) groups excluding carboxylic acids is 1. The van der Waals surface area contributed by atoms with Gasteiger partial charge in [-0.05, 0) is 12.8 Å². The third-order valence-electron chi connectivity index (χ3n) is 4.24. The molecule has 0 radical (unpaired) electrons. The number of nitrogens with one attached hydrogen (secondary N) is 1. The first-order valence-corrected chi connectivity index (χ1v) is 6.91. The maximum Gasteiger partial charge on any atom is 0.311 e. The number of aliphatic carboxylic acids is 1. The summed E-state index contributed by atoms with van der Waals surface area (Å²) in [6.07, 6.45) is 1.37. The molecule has 0 aliphatic carbocycles. The zero-order valence-corrected chi connectivity index (χ0v) is 11.4. The Kier molecular flexibility index (Phi) is 4.42. The summed E-state index contributed by atoms with van der Waals surface area (Å²) < 4.78 is 5.51. The predicted octanol–water partition coefficient (Wildman–Crippen LogP) is 0.0782. The van der Waals surface area contributed by atoms with Gasteiger partial charge in [0.2, 0.25) is 5.91 Å². The van der Waals surface area contributed by atoms with Crippen LogP contribution in [0, 0.1) is 5.41 Å². The van der Waals surface area contributed by atoms with Crippen LogP contribution in [0.25, 0.3) is 0 Å². The molecule has 2 aliphatic heterocycles. The van der Waals surface area contributed by atoms with Gasteiger partial charge in [0.25, 0.3) is 0 Å². The lowest BCUT2D eigenvalue weighted by Crippen LogP contribution is -2.43. The van der Waals surface area contributed by atoms with Crippen LogP contribution < -0.4 is 5.32 Å². The molecule has 0 bridgehead atoms. The minimum atomic E-state index is -0.791. The first-order valence-electron chi connectivity index (χ1n) is 6.91. The van der Waals surface area contributed by atoms with Gasteiger partial charge in [0.1, 0.15) is 0 Å². The van der Waals surface area contributed by atoms with Crippen molar-refractivity contribution in [3.63, 3.8) is 0 Å². The first-order chi connectivity index (χ1) is 9.07. The van der Waals surface area contributed by atoms with Gasteiger partial charge in [0.05, 0.1) is 24.5 Å².